The van der Waals surface area contributed by atoms with E-state index in [1.165, 1.54) is 0 Å². The van der Waals surface area contributed by atoms with Crippen LogP contribution in [0.4, 0.5) is 5.69 Å². The van der Waals surface area contributed by atoms with Gasteiger partial charge in [-0.05, 0) is 24.1 Å². The van der Waals surface area contributed by atoms with Crippen molar-refractivity contribution in [1.82, 2.24) is 0 Å². The first-order chi connectivity index (χ1) is 10.1. The van der Waals surface area contributed by atoms with E-state index in [9.17, 15) is 14.7 Å². The van der Waals surface area contributed by atoms with Gasteiger partial charge in [-0.1, -0.05) is 31.2 Å². The van der Waals surface area contributed by atoms with Crippen LogP contribution in [0.2, 0.25) is 0 Å². The van der Waals surface area contributed by atoms with Gasteiger partial charge in [0.05, 0.1) is 18.1 Å². The third-order valence-electron chi connectivity index (χ3n) is 4.09. The third kappa shape index (κ3) is 2.45. The molecule has 2 N–H and O–H groups in total. The number of rotatable bonds is 4. The van der Waals surface area contributed by atoms with E-state index in [-0.39, 0.29) is 5.91 Å². The third-order valence-corrected chi connectivity index (χ3v) is 4.09. The number of fused-ring (bicyclic) bond motifs is 2. The molecule has 4 atom stereocenters. The Balaban J connectivity index is 1.78. The van der Waals surface area contributed by atoms with Gasteiger partial charge in [-0.3, -0.25) is 9.59 Å². The predicted octanol–water partition coefficient (Wildman–Crippen LogP) is 1.84. The summed E-state index contributed by atoms with van der Waals surface area (Å²) in [6.07, 6.45) is 3.44. The highest BCUT2D eigenvalue weighted by Gasteiger charge is 2.53. The molecule has 1 saturated heterocycles. The number of amides is 1. The second kappa shape index (κ2) is 5.33. The first-order valence-electron chi connectivity index (χ1n) is 7.06. The number of aryl methyl sites for hydroxylation is 1. The maximum absolute atomic E-state index is 12.4. The highest BCUT2D eigenvalue weighted by molar-refractivity contribution is 5.96. The Morgan fingerprint density at radius 3 is 2.62 bits per heavy atom. The van der Waals surface area contributed by atoms with E-state index in [0.717, 1.165) is 12.0 Å². The fourth-order valence-electron chi connectivity index (χ4n) is 3.01. The molecule has 2 bridgehead atoms. The second-order valence-electron chi connectivity index (χ2n) is 5.38. The molecule has 1 aromatic carbocycles. The van der Waals surface area contributed by atoms with Crippen molar-refractivity contribution in [1.29, 1.82) is 0 Å². The van der Waals surface area contributed by atoms with Crippen LogP contribution in [-0.4, -0.2) is 29.2 Å². The van der Waals surface area contributed by atoms with E-state index in [1.54, 1.807) is 18.2 Å². The molecule has 2 aliphatic heterocycles. The Labute approximate surface area is 122 Å². The zero-order valence-electron chi connectivity index (χ0n) is 11.7. The van der Waals surface area contributed by atoms with Gasteiger partial charge in [0.1, 0.15) is 5.92 Å². The van der Waals surface area contributed by atoms with Crippen molar-refractivity contribution in [3.05, 3.63) is 42.0 Å². The van der Waals surface area contributed by atoms with Crippen molar-refractivity contribution in [3.8, 4) is 0 Å². The summed E-state index contributed by atoms with van der Waals surface area (Å²) in [4.78, 5) is 23.8. The van der Waals surface area contributed by atoms with Gasteiger partial charge < -0.3 is 15.2 Å². The fraction of sp³-hybridized carbons (Fsp3) is 0.375. The minimum atomic E-state index is -0.991. The summed E-state index contributed by atoms with van der Waals surface area (Å²) in [7, 11) is 0. The normalized spacial score (nSPS) is 29.6. The second-order valence-corrected chi connectivity index (χ2v) is 5.38. The van der Waals surface area contributed by atoms with Gasteiger partial charge in [0, 0.05) is 5.69 Å². The SMILES string of the molecule is CCc1cccc(NC(=O)[C@@H]2[C@@H](C(=O)O)[C@@H]3C=C[C@H]2O3)c1. The number of hydrogen-bond donors (Lipinski definition) is 2. The molecule has 0 aliphatic carbocycles. The molecule has 0 saturated carbocycles. The van der Waals surface area contributed by atoms with Crippen LogP contribution in [0.1, 0.15) is 12.5 Å². The van der Waals surface area contributed by atoms with Gasteiger partial charge in [0.15, 0.2) is 0 Å². The standard InChI is InChI=1S/C16H17NO4/c1-2-9-4-3-5-10(8-9)17-15(18)13-11-6-7-12(21-11)14(13)16(19)20/h3-8,11-14H,2H2,1H3,(H,17,18)(H,19,20)/t11-,12+,13+,14+/m1/s1. The number of carboxylic acid groups (broad SMARTS) is 1. The number of nitrogens with one attached hydrogen (secondary N) is 1. The van der Waals surface area contributed by atoms with Crippen LogP contribution in [-0.2, 0) is 20.7 Å². The highest BCUT2D eigenvalue weighted by Crippen LogP contribution is 2.39. The van der Waals surface area contributed by atoms with Crippen LogP contribution in [0, 0.1) is 11.8 Å². The number of aliphatic carboxylic acids is 1. The zero-order chi connectivity index (χ0) is 15.0. The van der Waals surface area contributed by atoms with Gasteiger partial charge in [-0.2, -0.15) is 0 Å². The zero-order valence-corrected chi connectivity index (χ0v) is 11.7. The van der Waals surface area contributed by atoms with E-state index in [1.807, 2.05) is 25.1 Å². The summed E-state index contributed by atoms with van der Waals surface area (Å²) in [5, 5.41) is 12.1. The van der Waals surface area contributed by atoms with E-state index in [0.29, 0.717) is 5.69 Å². The monoisotopic (exact) mass is 287 g/mol. The maximum atomic E-state index is 12.4. The minimum absolute atomic E-state index is 0.299. The molecule has 3 rings (SSSR count). The van der Waals surface area contributed by atoms with Crippen LogP contribution in [0.25, 0.3) is 0 Å². The number of carbonyl (C=O) groups is 2. The van der Waals surface area contributed by atoms with Gasteiger partial charge in [-0.15, -0.1) is 0 Å². The van der Waals surface area contributed by atoms with Crippen LogP contribution in [0.5, 0.6) is 0 Å². The number of ether oxygens (including phenoxy) is 1. The molecule has 5 nitrogen and oxygen atoms in total. The average Bonchev–Trinajstić information content (AvgIpc) is 3.07. The first-order valence-corrected chi connectivity index (χ1v) is 7.06. The largest absolute Gasteiger partial charge is 0.481 e. The fourth-order valence-corrected chi connectivity index (χ4v) is 3.01. The van der Waals surface area contributed by atoms with E-state index in [2.05, 4.69) is 5.32 Å². The Bertz CT molecular complexity index is 610. The van der Waals surface area contributed by atoms with Crippen LogP contribution >= 0.6 is 0 Å². The highest BCUT2D eigenvalue weighted by atomic mass is 16.5. The lowest BCUT2D eigenvalue weighted by atomic mass is 9.82. The van der Waals surface area contributed by atoms with Crippen LogP contribution < -0.4 is 5.32 Å². The van der Waals surface area contributed by atoms with E-state index >= 15 is 0 Å². The Hall–Kier alpha value is -2.14. The lowest BCUT2D eigenvalue weighted by Crippen LogP contribution is -2.39. The summed E-state index contributed by atoms with van der Waals surface area (Å²) in [5.41, 5.74) is 1.81. The molecule has 0 spiro atoms. The number of anilines is 1. The minimum Gasteiger partial charge on any atom is -0.481 e. The molecule has 1 aromatic rings. The Morgan fingerprint density at radius 1 is 1.24 bits per heavy atom. The molecule has 5 heteroatoms. The molecule has 0 unspecified atom stereocenters. The molecule has 0 aromatic heterocycles. The molecule has 2 heterocycles. The molecule has 110 valence electrons. The van der Waals surface area contributed by atoms with E-state index < -0.39 is 30.0 Å². The molecule has 21 heavy (non-hydrogen) atoms. The smallest absolute Gasteiger partial charge is 0.310 e. The Kier molecular flexibility index (Phi) is 3.51. The van der Waals surface area contributed by atoms with Crippen molar-refractivity contribution < 1.29 is 19.4 Å². The lowest BCUT2D eigenvalue weighted by molar-refractivity contribution is -0.145. The maximum Gasteiger partial charge on any atom is 0.310 e. The topological polar surface area (TPSA) is 75.6 Å². The average molecular weight is 287 g/mol. The van der Waals surface area contributed by atoms with Gasteiger partial charge >= 0.3 is 5.97 Å². The predicted molar refractivity (Wildman–Crippen MR) is 76.9 cm³/mol. The summed E-state index contributed by atoms with van der Waals surface area (Å²) in [6, 6.07) is 7.56. The number of carboxylic acids is 1. The summed E-state index contributed by atoms with van der Waals surface area (Å²) in [6.45, 7) is 2.04. The number of benzene rings is 1. The molecule has 2 aliphatic rings. The van der Waals surface area contributed by atoms with Crippen molar-refractivity contribution >= 4 is 17.6 Å². The van der Waals surface area contributed by atoms with Gasteiger partial charge in [0.25, 0.3) is 0 Å². The van der Waals surface area contributed by atoms with Crippen molar-refractivity contribution in [2.75, 3.05) is 5.32 Å². The molecular formula is C16H17NO4. The molecule has 1 amide bonds. The van der Waals surface area contributed by atoms with Crippen molar-refractivity contribution in [3.63, 3.8) is 0 Å². The molecule has 0 radical (unpaired) electrons. The van der Waals surface area contributed by atoms with Crippen molar-refractivity contribution in [2.24, 2.45) is 11.8 Å². The van der Waals surface area contributed by atoms with Gasteiger partial charge in [-0.25, -0.2) is 0 Å². The number of carbonyl (C=O) groups excluding carboxylic acids is 1. The first kappa shape index (κ1) is 13.8. The van der Waals surface area contributed by atoms with Gasteiger partial charge in [0.2, 0.25) is 5.91 Å². The molecular weight excluding hydrogens is 270 g/mol. The quantitative estimate of drug-likeness (QED) is 0.829. The van der Waals surface area contributed by atoms with E-state index in [4.69, 9.17) is 4.74 Å². The molecule has 1 fully saturated rings. The summed E-state index contributed by atoms with van der Waals surface area (Å²) in [5.74, 6) is -2.78. The Morgan fingerprint density at radius 2 is 1.95 bits per heavy atom. The summed E-state index contributed by atoms with van der Waals surface area (Å²) < 4.78 is 5.51. The lowest BCUT2D eigenvalue weighted by Gasteiger charge is -2.21. The van der Waals surface area contributed by atoms with Crippen molar-refractivity contribution in [2.45, 2.75) is 25.6 Å². The number of hydrogen-bond acceptors (Lipinski definition) is 3. The summed E-state index contributed by atoms with van der Waals surface area (Å²) >= 11 is 0. The van der Waals surface area contributed by atoms with Crippen LogP contribution in [0.15, 0.2) is 36.4 Å². The van der Waals surface area contributed by atoms with Crippen LogP contribution in [0.3, 0.4) is 0 Å².